The molecule has 0 saturated carbocycles. The van der Waals surface area contributed by atoms with Gasteiger partial charge >= 0.3 is 0 Å². The highest BCUT2D eigenvalue weighted by molar-refractivity contribution is 5.98. The normalized spacial score (nSPS) is 12.9. The summed E-state index contributed by atoms with van der Waals surface area (Å²) >= 11 is 0. The number of fused-ring (bicyclic) bond motifs is 3. The predicted molar refractivity (Wildman–Crippen MR) is 170 cm³/mol. The lowest BCUT2D eigenvalue weighted by molar-refractivity contribution is 0.661. The van der Waals surface area contributed by atoms with Crippen molar-refractivity contribution >= 4 is 17.1 Å². The lowest BCUT2D eigenvalue weighted by atomic mass is 9.79. The van der Waals surface area contributed by atoms with Crippen molar-refractivity contribution in [2.24, 2.45) is 0 Å². The van der Waals surface area contributed by atoms with Crippen LogP contribution in [-0.2, 0) is 5.41 Å². The van der Waals surface area contributed by atoms with Crippen molar-refractivity contribution in [2.45, 2.75) is 19.3 Å². The van der Waals surface area contributed by atoms with E-state index < -0.39 is 0 Å². The zero-order valence-corrected chi connectivity index (χ0v) is 22.9. The van der Waals surface area contributed by atoms with Gasteiger partial charge in [-0.15, -0.1) is 0 Å². The molecular formula is C39H31N. The maximum Gasteiger partial charge on any atom is 0.0587 e. The number of nitrogens with zero attached hydrogens (tertiary/aromatic N) is 1. The summed E-state index contributed by atoms with van der Waals surface area (Å²) in [7, 11) is 0. The van der Waals surface area contributed by atoms with E-state index in [2.05, 4.69) is 170 Å². The van der Waals surface area contributed by atoms with Crippen LogP contribution in [0.5, 0.6) is 0 Å². The van der Waals surface area contributed by atoms with Gasteiger partial charge in [0.2, 0.25) is 0 Å². The first kappa shape index (κ1) is 24.2. The Morgan fingerprint density at radius 3 is 1.48 bits per heavy atom. The topological polar surface area (TPSA) is 3.24 Å². The van der Waals surface area contributed by atoms with Gasteiger partial charge in [0.15, 0.2) is 0 Å². The molecule has 192 valence electrons. The Hall–Kier alpha value is -4.88. The average molecular weight is 514 g/mol. The van der Waals surface area contributed by atoms with Crippen LogP contribution in [0, 0.1) is 0 Å². The molecular weight excluding hydrogens is 482 g/mol. The van der Waals surface area contributed by atoms with Crippen LogP contribution in [0.4, 0.5) is 17.1 Å². The maximum atomic E-state index is 2.45. The molecule has 1 aliphatic rings. The third-order valence-corrected chi connectivity index (χ3v) is 8.23. The Kier molecular flexibility index (Phi) is 5.86. The molecule has 0 aromatic heterocycles. The first-order chi connectivity index (χ1) is 19.6. The summed E-state index contributed by atoms with van der Waals surface area (Å²) in [4.78, 5) is 2.45. The van der Waals surface area contributed by atoms with Crippen LogP contribution in [-0.4, -0.2) is 0 Å². The Balaban J connectivity index is 1.54. The molecule has 0 N–H and O–H groups in total. The van der Waals surface area contributed by atoms with Gasteiger partial charge in [0.25, 0.3) is 0 Å². The van der Waals surface area contributed by atoms with Gasteiger partial charge in [-0.3, -0.25) is 0 Å². The Morgan fingerprint density at radius 2 is 0.900 bits per heavy atom. The highest BCUT2D eigenvalue weighted by atomic mass is 15.1. The molecule has 0 unspecified atom stereocenters. The standard InChI is InChI=1S/C39H31N/c1-39(2)36-27-30(28-15-7-3-8-16-28)23-24-34(36)35-26-25-33(29-17-9-4-10-18-29)38(37(35)39)40(31-19-11-5-12-20-31)32-21-13-6-14-22-32/h3-27H,1-2H3. The SMILES string of the molecule is CC1(C)c2cc(-c3ccccc3)ccc2-c2ccc(-c3ccccc3)c(N(c3ccccc3)c3ccccc3)c21. The van der Waals surface area contributed by atoms with Gasteiger partial charge < -0.3 is 4.90 Å². The van der Waals surface area contributed by atoms with E-state index in [0.29, 0.717) is 0 Å². The lowest BCUT2D eigenvalue weighted by Gasteiger charge is -2.34. The van der Waals surface area contributed by atoms with E-state index in [4.69, 9.17) is 0 Å². The summed E-state index contributed by atoms with van der Waals surface area (Å²) in [6.07, 6.45) is 0. The second kappa shape index (κ2) is 9.70. The molecule has 0 bridgehead atoms. The lowest BCUT2D eigenvalue weighted by Crippen LogP contribution is -2.21. The molecule has 1 heteroatoms. The van der Waals surface area contributed by atoms with Crippen LogP contribution in [0.25, 0.3) is 33.4 Å². The fourth-order valence-electron chi connectivity index (χ4n) is 6.33. The minimum Gasteiger partial charge on any atom is -0.310 e. The number of para-hydroxylation sites is 2. The first-order valence-corrected chi connectivity index (χ1v) is 14.0. The summed E-state index contributed by atoms with van der Waals surface area (Å²) in [5.74, 6) is 0. The Bertz CT molecular complexity index is 1750. The molecule has 0 saturated heterocycles. The van der Waals surface area contributed by atoms with Crippen molar-refractivity contribution in [1.82, 2.24) is 0 Å². The van der Waals surface area contributed by atoms with Crippen molar-refractivity contribution < 1.29 is 0 Å². The summed E-state index contributed by atoms with van der Waals surface area (Å²) < 4.78 is 0. The van der Waals surface area contributed by atoms with Gasteiger partial charge in [0.05, 0.1) is 5.69 Å². The molecule has 7 rings (SSSR count). The smallest absolute Gasteiger partial charge is 0.0587 e. The van der Waals surface area contributed by atoms with E-state index in [1.165, 1.54) is 50.2 Å². The number of rotatable bonds is 5. The zero-order valence-electron chi connectivity index (χ0n) is 22.9. The predicted octanol–water partition coefficient (Wildman–Crippen LogP) is 10.8. The van der Waals surface area contributed by atoms with Gasteiger partial charge in [0.1, 0.15) is 0 Å². The van der Waals surface area contributed by atoms with Crippen LogP contribution in [0.2, 0.25) is 0 Å². The van der Waals surface area contributed by atoms with Crippen molar-refractivity contribution in [2.75, 3.05) is 4.90 Å². The molecule has 40 heavy (non-hydrogen) atoms. The molecule has 0 spiro atoms. The summed E-state index contributed by atoms with van der Waals surface area (Å²) in [5.41, 5.74) is 13.6. The molecule has 1 aliphatic carbocycles. The first-order valence-electron chi connectivity index (χ1n) is 14.0. The second-order valence-corrected chi connectivity index (χ2v) is 11.0. The van der Waals surface area contributed by atoms with E-state index in [1.807, 2.05) is 0 Å². The molecule has 0 amide bonds. The van der Waals surface area contributed by atoms with Crippen molar-refractivity contribution in [3.8, 4) is 33.4 Å². The monoisotopic (exact) mass is 513 g/mol. The van der Waals surface area contributed by atoms with Crippen LogP contribution >= 0.6 is 0 Å². The largest absolute Gasteiger partial charge is 0.310 e. The van der Waals surface area contributed by atoms with E-state index in [1.54, 1.807) is 0 Å². The van der Waals surface area contributed by atoms with Gasteiger partial charge in [0, 0.05) is 22.4 Å². The average Bonchev–Trinajstić information content (AvgIpc) is 3.25. The van der Waals surface area contributed by atoms with E-state index in [0.717, 1.165) is 11.4 Å². The van der Waals surface area contributed by atoms with Crippen LogP contribution in [0.3, 0.4) is 0 Å². The van der Waals surface area contributed by atoms with Gasteiger partial charge in [-0.05, 0) is 69.3 Å². The van der Waals surface area contributed by atoms with Crippen molar-refractivity contribution in [1.29, 1.82) is 0 Å². The number of benzene rings is 6. The highest BCUT2D eigenvalue weighted by Crippen LogP contribution is 2.57. The summed E-state index contributed by atoms with van der Waals surface area (Å²) in [5, 5.41) is 0. The molecule has 0 atom stereocenters. The number of hydrogen-bond acceptors (Lipinski definition) is 1. The Labute approximate surface area is 237 Å². The van der Waals surface area contributed by atoms with E-state index >= 15 is 0 Å². The minimum atomic E-state index is -0.211. The zero-order chi connectivity index (χ0) is 27.1. The fourth-order valence-corrected chi connectivity index (χ4v) is 6.33. The van der Waals surface area contributed by atoms with E-state index in [9.17, 15) is 0 Å². The molecule has 1 nitrogen and oxygen atoms in total. The molecule has 0 aliphatic heterocycles. The van der Waals surface area contributed by atoms with Crippen LogP contribution < -0.4 is 4.90 Å². The van der Waals surface area contributed by atoms with Gasteiger partial charge in [-0.25, -0.2) is 0 Å². The molecule has 0 radical (unpaired) electrons. The summed E-state index contributed by atoms with van der Waals surface area (Å²) in [6.45, 7) is 4.78. The molecule has 0 heterocycles. The molecule has 6 aromatic carbocycles. The van der Waals surface area contributed by atoms with Crippen LogP contribution in [0.1, 0.15) is 25.0 Å². The fraction of sp³-hybridized carbons (Fsp3) is 0.0769. The van der Waals surface area contributed by atoms with E-state index in [-0.39, 0.29) is 5.41 Å². The van der Waals surface area contributed by atoms with Gasteiger partial charge in [-0.1, -0.05) is 135 Å². The number of anilines is 3. The third-order valence-electron chi connectivity index (χ3n) is 8.23. The minimum absolute atomic E-state index is 0.211. The van der Waals surface area contributed by atoms with Crippen molar-refractivity contribution in [3.63, 3.8) is 0 Å². The van der Waals surface area contributed by atoms with Crippen molar-refractivity contribution in [3.05, 3.63) is 163 Å². The maximum absolute atomic E-state index is 2.45. The molecule has 6 aromatic rings. The van der Waals surface area contributed by atoms with Gasteiger partial charge in [-0.2, -0.15) is 0 Å². The quantitative estimate of drug-likeness (QED) is 0.222. The molecule has 0 fully saturated rings. The number of hydrogen-bond donors (Lipinski definition) is 0. The second-order valence-electron chi connectivity index (χ2n) is 11.0. The Morgan fingerprint density at radius 1 is 0.425 bits per heavy atom. The summed E-state index contributed by atoms with van der Waals surface area (Å²) in [6, 6.07) is 54.7. The highest BCUT2D eigenvalue weighted by Gasteiger charge is 2.40. The van der Waals surface area contributed by atoms with Crippen LogP contribution in [0.15, 0.2) is 152 Å². The third kappa shape index (κ3) is 3.94.